The van der Waals surface area contributed by atoms with Crippen molar-refractivity contribution in [2.24, 2.45) is 0 Å². The zero-order valence-corrected chi connectivity index (χ0v) is 11.6. The summed E-state index contributed by atoms with van der Waals surface area (Å²) in [5.74, 6) is -0.163. The quantitative estimate of drug-likeness (QED) is 0.897. The van der Waals surface area contributed by atoms with E-state index in [0.29, 0.717) is 18.7 Å². The number of halogens is 1. The number of hydrogen-bond donors (Lipinski definition) is 1. The van der Waals surface area contributed by atoms with Crippen molar-refractivity contribution in [1.82, 2.24) is 10.2 Å². The molecule has 1 heterocycles. The lowest BCUT2D eigenvalue weighted by atomic mass is 10.0. The van der Waals surface area contributed by atoms with Gasteiger partial charge >= 0.3 is 0 Å². The van der Waals surface area contributed by atoms with E-state index in [1.54, 1.807) is 25.1 Å². The molecule has 1 saturated heterocycles. The Morgan fingerprint density at radius 2 is 2.11 bits per heavy atom. The van der Waals surface area contributed by atoms with Crippen LogP contribution in [0.4, 0.5) is 10.1 Å². The minimum absolute atomic E-state index is 0.0681. The highest BCUT2D eigenvalue weighted by molar-refractivity contribution is 5.83. The number of amides is 1. The van der Waals surface area contributed by atoms with Gasteiger partial charge < -0.3 is 15.1 Å². The number of hydrogen-bond acceptors (Lipinski definition) is 3. The van der Waals surface area contributed by atoms with Crippen LogP contribution >= 0.6 is 0 Å². The molecule has 1 aliphatic heterocycles. The van der Waals surface area contributed by atoms with Crippen molar-refractivity contribution < 1.29 is 9.18 Å². The minimum atomic E-state index is -0.231. The van der Waals surface area contributed by atoms with Crippen LogP contribution in [-0.2, 0) is 4.79 Å². The minimum Gasteiger partial charge on any atom is -0.360 e. The molecule has 1 N–H and O–H groups in total. The average Bonchev–Trinajstić information content (AvgIpc) is 2.41. The van der Waals surface area contributed by atoms with Crippen molar-refractivity contribution >= 4 is 11.6 Å². The SMILES string of the molecule is CNC(C)c1c(F)cccc1N1CCN(C)C(=O)C1. The summed E-state index contributed by atoms with van der Waals surface area (Å²) in [6.45, 7) is 3.63. The maximum absolute atomic E-state index is 14.1. The van der Waals surface area contributed by atoms with Gasteiger partial charge in [0.2, 0.25) is 5.91 Å². The van der Waals surface area contributed by atoms with Crippen molar-refractivity contribution in [3.05, 3.63) is 29.6 Å². The van der Waals surface area contributed by atoms with Gasteiger partial charge in [-0.25, -0.2) is 4.39 Å². The lowest BCUT2D eigenvalue weighted by Gasteiger charge is -2.35. The molecule has 1 unspecified atom stereocenters. The van der Waals surface area contributed by atoms with Crippen molar-refractivity contribution in [2.75, 3.05) is 38.6 Å². The molecule has 4 nitrogen and oxygen atoms in total. The third-order valence-corrected chi connectivity index (χ3v) is 3.69. The second kappa shape index (κ2) is 5.57. The molecule has 1 aliphatic rings. The van der Waals surface area contributed by atoms with Crippen LogP contribution in [0.5, 0.6) is 0 Å². The first-order valence-electron chi connectivity index (χ1n) is 6.49. The molecule has 0 bridgehead atoms. The van der Waals surface area contributed by atoms with Gasteiger partial charge in [0.25, 0.3) is 0 Å². The highest BCUT2D eigenvalue weighted by atomic mass is 19.1. The topological polar surface area (TPSA) is 35.6 Å². The number of carbonyl (C=O) groups excluding carboxylic acids is 1. The molecule has 1 atom stereocenters. The fraction of sp³-hybridized carbons (Fsp3) is 0.500. The number of anilines is 1. The van der Waals surface area contributed by atoms with Crippen molar-refractivity contribution in [2.45, 2.75) is 13.0 Å². The van der Waals surface area contributed by atoms with E-state index in [1.807, 2.05) is 17.9 Å². The molecular weight excluding hydrogens is 245 g/mol. The second-order valence-electron chi connectivity index (χ2n) is 4.92. The third-order valence-electron chi connectivity index (χ3n) is 3.69. The lowest BCUT2D eigenvalue weighted by Crippen LogP contribution is -2.49. The number of carbonyl (C=O) groups is 1. The monoisotopic (exact) mass is 265 g/mol. The van der Waals surface area contributed by atoms with Crippen molar-refractivity contribution in [1.29, 1.82) is 0 Å². The number of benzene rings is 1. The van der Waals surface area contributed by atoms with Crippen LogP contribution < -0.4 is 10.2 Å². The van der Waals surface area contributed by atoms with Gasteiger partial charge in [-0.05, 0) is 26.1 Å². The van der Waals surface area contributed by atoms with Gasteiger partial charge in [0.1, 0.15) is 5.82 Å². The Morgan fingerprint density at radius 1 is 1.37 bits per heavy atom. The first kappa shape index (κ1) is 13.8. The molecule has 0 aromatic heterocycles. The molecule has 1 aromatic rings. The smallest absolute Gasteiger partial charge is 0.241 e. The largest absolute Gasteiger partial charge is 0.360 e. The van der Waals surface area contributed by atoms with Crippen LogP contribution in [0.15, 0.2) is 18.2 Å². The van der Waals surface area contributed by atoms with E-state index >= 15 is 0 Å². The van der Waals surface area contributed by atoms with Gasteiger partial charge in [-0.1, -0.05) is 6.07 Å². The molecule has 0 aliphatic carbocycles. The number of nitrogens with zero attached hydrogens (tertiary/aromatic N) is 2. The van der Waals surface area contributed by atoms with Gasteiger partial charge in [0, 0.05) is 37.4 Å². The molecule has 104 valence electrons. The number of likely N-dealkylation sites (N-methyl/N-ethyl adjacent to an activating group) is 1. The van der Waals surface area contributed by atoms with Crippen molar-refractivity contribution in [3.63, 3.8) is 0 Å². The molecule has 19 heavy (non-hydrogen) atoms. The van der Waals surface area contributed by atoms with E-state index < -0.39 is 0 Å². The van der Waals surface area contributed by atoms with Crippen LogP contribution in [0.3, 0.4) is 0 Å². The summed E-state index contributed by atoms with van der Waals surface area (Å²) in [7, 11) is 3.60. The highest BCUT2D eigenvalue weighted by Crippen LogP contribution is 2.29. The maximum atomic E-state index is 14.1. The van der Waals surface area contributed by atoms with Gasteiger partial charge in [-0.3, -0.25) is 4.79 Å². The lowest BCUT2D eigenvalue weighted by molar-refractivity contribution is -0.129. The van der Waals surface area contributed by atoms with Gasteiger partial charge in [0.05, 0.1) is 6.54 Å². The maximum Gasteiger partial charge on any atom is 0.241 e. The number of rotatable bonds is 3. The van der Waals surface area contributed by atoms with Gasteiger partial charge in [-0.15, -0.1) is 0 Å². The molecule has 1 amide bonds. The fourth-order valence-electron chi connectivity index (χ4n) is 2.34. The summed E-state index contributed by atoms with van der Waals surface area (Å²) >= 11 is 0. The summed E-state index contributed by atoms with van der Waals surface area (Å²) in [6.07, 6.45) is 0. The highest BCUT2D eigenvalue weighted by Gasteiger charge is 2.25. The van der Waals surface area contributed by atoms with Crippen LogP contribution in [0.1, 0.15) is 18.5 Å². The van der Waals surface area contributed by atoms with Crippen LogP contribution in [-0.4, -0.2) is 44.5 Å². The molecule has 2 rings (SSSR count). The van der Waals surface area contributed by atoms with Crippen LogP contribution in [0, 0.1) is 5.82 Å². The fourth-order valence-corrected chi connectivity index (χ4v) is 2.34. The van der Waals surface area contributed by atoms with Crippen molar-refractivity contribution in [3.8, 4) is 0 Å². The van der Waals surface area contributed by atoms with E-state index in [1.165, 1.54) is 6.07 Å². The molecule has 0 spiro atoms. The first-order chi connectivity index (χ1) is 9.04. The summed E-state index contributed by atoms with van der Waals surface area (Å²) in [4.78, 5) is 15.4. The van der Waals surface area contributed by atoms with E-state index in [4.69, 9.17) is 0 Å². The standard InChI is InChI=1S/C14H20FN3O/c1-10(16-2)14-11(15)5-4-6-12(14)18-8-7-17(3)13(19)9-18/h4-6,10,16H,7-9H2,1-3H3. The molecule has 1 aromatic carbocycles. The van der Waals surface area contributed by atoms with E-state index in [-0.39, 0.29) is 17.8 Å². The second-order valence-corrected chi connectivity index (χ2v) is 4.92. The Balaban J connectivity index is 2.34. The zero-order valence-electron chi connectivity index (χ0n) is 11.6. The molecule has 5 heteroatoms. The van der Waals surface area contributed by atoms with E-state index in [9.17, 15) is 9.18 Å². The first-order valence-corrected chi connectivity index (χ1v) is 6.49. The van der Waals surface area contributed by atoms with Gasteiger partial charge in [0.15, 0.2) is 0 Å². The van der Waals surface area contributed by atoms with Crippen LogP contribution in [0.25, 0.3) is 0 Å². The average molecular weight is 265 g/mol. The Bertz CT molecular complexity index is 478. The van der Waals surface area contributed by atoms with Gasteiger partial charge in [-0.2, -0.15) is 0 Å². The number of nitrogens with one attached hydrogen (secondary N) is 1. The number of piperazine rings is 1. The van der Waals surface area contributed by atoms with E-state index in [2.05, 4.69) is 5.32 Å². The summed E-state index contributed by atoms with van der Waals surface area (Å²) in [5.41, 5.74) is 1.44. The molecule has 1 fully saturated rings. The van der Waals surface area contributed by atoms with Crippen LogP contribution in [0.2, 0.25) is 0 Å². The Labute approximate surface area is 113 Å². The molecular formula is C14H20FN3O. The predicted molar refractivity (Wildman–Crippen MR) is 73.7 cm³/mol. The normalized spacial score (nSPS) is 17.8. The Kier molecular flexibility index (Phi) is 4.04. The summed E-state index contributed by atoms with van der Waals surface area (Å²) < 4.78 is 14.1. The molecule has 0 radical (unpaired) electrons. The summed E-state index contributed by atoms with van der Waals surface area (Å²) in [5, 5.41) is 3.06. The summed E-state index contributed by atoms with van der Waals surface area (Å²) in [6, 6.07) is 4.94. The predicted octanol–water partition coefficient (Wildman–Crippen LogP) is 1.38. The Morgan fingerprint density at radius 3 is 2.74 bits per heavy atom. The Hall–Kier alpha value is -1.62. The third kappa shape index (κ3) is 2.71. The van der Waals surface area contributed by atoms with E-state index in [0.717, 1.165) is 12.2 Å². The zero-order chi connectivity index (χ0) is 14.0. The molecule has 0 saturated carbocycles.